The van der Waals surface area contributed by atoms with Crippen LogP contribution < -0.4 is 0 Å². The van der Waals surface area contributed by atoms with E-state index < -0.39 is 34.1 Å². The normalized spacial score (nSPS) is 12.2. The SMILES string of the molecule is Oc1c(C(F)F)ncc(Br)c1C(F)(F)F. The van der Waals surface area contributed by atoms with E-state index >= 15 is 0 Å². The molecule has 1 rings (SSSR count). The maximum Gasteiger partial charge on any atom is 0.421 e. The van der Waals surface area contributed by atoms with E-state index in [4.69, 9.17) is 5.11 Å². The fourth-order valence-electron chi connectivity index (χ4n) is 0.922. The number of aromatic nitrogens is 1. The van der Waals surface area contributed by atoms with E-state index in [1.165, 1.54) is 0 Å². The molecular formula is C7H3BrF5NO. The van der Waals surface area contributed by atoms with Crippen LogP contribution in [0.25, 0.3) is 0 Å². The third-order valence-electron chi connectivity index (χ3n) is 1.53. The van der Waals surface area contributed by atoms with E-state index in [2.05, 4.69) is 20.9 Å². The second-order valence-corrected chi connectivity index (χ2v) is 3.37. The van der Waals surface area contributed by atoms with Crippen LogP contribution >= 0.6 is 15.9 Å². The van der Waals surface area contributed by atoms with Gasteiger partial charge in [-0.3, -0.25) is 4.98 Å². The molecule has 0 spiro atoms. The van der Waals surface area contributed by atoms with Crippen molar-refractivity contribution in [3.8, 4) is 5.75 Å². The van der Waals surface area contributed by atoms with Gasteiger partial charge in [-0.1, -0.05) is 0 Å². The second kappa shape index (κ2) is 3.92. The number of aromatic hydroxyl groups is 1. The van der Waals surface area contributed by atoms with Crippen LogP contribution in [0.4, 0.5) is 22.0 Å². The lowest BCUT2D eigenvalue weighted by molar-refractivity contribution is -0.139. The molecule has 8 heteroatoms. The molecular weight excluding hydrogens is 289 g/mol. The lowest BCUT2D eigenvalue weighted by atomic mass is 10.2. The lowest BCUT2D eigenvalue weighted by Gasteiger charge is -2.12. The quantitative estimate of drug-likeness (QED) is 0.803. The molecule has 1 aromatic rings. The Kier molecular flexibility index (Phi) is 3.17. The predicted molar refractivity (Wildman–Crippen MR) is 43.6 cm³/mol. The Morgan fingerprint density at radius 2 is 1.87 bits per heavy atom. The molecule has 0 amide bonds. The molecule has 15 heavy (non-hydrogen) atoms. The minimum Gasteiger partial charge on any atom is -0.505 e. The summed E-state index contributed by atoms with van der Waals surface area (Å²) in [5.41, 5.74) is -2.83. The van der Waals surface area contributed by atoms with E-state index in [0.29, 0.717) is 6.20 Å². The molecule has 0 unspecified atom stereocenters. The lowest BCUT2D eigenvalue weighted by Crippen LogP contribution is -2.09. The van der Waals surface area contributed by atoms with Gasteiger partial charge in [-0.15, -0.1) is 0 Å². The minimum atomic E-state index is -4.92. The van der Waals surface area contributed by atoms with Gasteiger partial charge in [0.1, 0.15) is 11.3 Å². The van der Waals surface area contributed by atoms with Crippen LogP contribution in [-0.2, 0) is 6.18 Å². The molecule has 0 atom stereocenters. The summed E-state index contributed by atoms with van der Waals surface area (Å²) in [6, 6.07) is 0. The largest absolute Gasteiger partial charge is 0.505 e. The first-order valence-corrected chi connectivity index (χ1v) is 4.27. The summed E-state index contributed by atoms with van der Waals surface area (Å²) >= 11 is 2.48. The van der Waals surface area contributed by atoms with Gasteiger partial charge in [-0.2, -0.15) is 13.2 Å². The highest BCUT2D eigenvalue weighted by Crippen LogP contribution is 2.43. The zero-order valence-corrected chi connectivity index (χ0v) is 8.40. The van der Waals surface area contributed by atoms with Crippen molar-refractivity contribution in [1.82, 2.24) is 4.98 Å². The first-order valence-electron chi connectivity index (χ1n) is 3.48. The van der Waals surface area contributed by atoms with Crippen molar-refractivity contribution in [1.29, 1.82) is 0 Å². The molecule has 84 valence electrons. The molecule has 0 aliphatic carbocycles. The average molecular weight is 292 g/mol. The molecule has 1 heterocycles. The van der Waals surface area contributed by atoms with Gasteiger partial charge >= 0.3 is 6.18 Å². The van der Waals surface area contributed by atoms with Gasteiger partial charge in [0.25, 0.3) is 6.43 Å². The van der Waals surface area contributed by atoms with Crippen LogP contribution in [0.5, 0.6) is 5.75 Å². The summed E-state index contributed by atoms with van der Waals surface area (Å²) in [5.74, 6) is -1.55. The van der Waals surface area contributed by atoms with Crippen molar-refractivity contribution in [3.05, 3.63) is 21.9 Å². The van der Waals surface area contributed by atoms with Crippen LogP contribution in [0.3, 0.4) is 0 Å². The molecule has 0 saturated carbocycles. The van der Waals surface area contributed by atoms with Crippen molar-refractivity contribution >= 4 is 15.9 Å². The fourth-order valence-corrected chi connectivity index (χ4v) is 1.44. The Labute approximate surface area is 88.9 Å². The molecule has 0 radical (unpaired) electrons. The minimum absolute atomic E-state index is 0.573. The van der Waals surface area contributed by atoms with Gasteiger partial charge in [-0.05, 0) is 15.9 Å². The molecule has 0 aliphatic heterocycles. The van der Waals surface area contributed by atoms with Crippen LogP contribution in [0.1, 0.15) is 17.7 Å². The van der Waals surface area contributed by atoms with E-state index in [1.807, 2.05) is 0 Å². The van der Waals surface area contributed by atoms with Gasteiger partial charge in [0, 0.05) is 6.20 Å². The summed E-state index contributed by atoms with van der Waals surface area (Å²) in [5, 5.41) is 8.98. The van der Waals surface area contributed by atoms with Crippen molar-refractivity contribution in [3.63, 3.8) is 0 Å². The Bertz CT molecular complexity index is 378. The molecule has 0 aromatic carbocycles. The van der Waals surface area contributed by atoms with Crippen molar-refractivity contribution < 1.29 is 27.1 Å². The molecule has 2 nitrogen and oxygen atoms in total. The number of halogens is 6. The van der Waals surface area contributed by atoms with Gasteiger partial charge < -0.3 is 5.11 Å². The van der Waals surface area contributed by atoms with Crippen molar-refractivity contribution in [2.24, 2.45) is 0 Å². The number of pyridine rings is 1. The van der Waals surface area contributed by atoms with Gasteiger partial charge in [0.15, 0.2) is 5.75 Å². The zero-order chi connectivity index (χ0) is 11.8. The van der Waals surface area contributed by atoms with E-state index in [9.17, 15) is 22.0 Å². The average Bonchev–Trinajstić information content (AvgIpc) is 2.00. The monoisotopic (exact) mass is 291 g/mol. The summed E-state index contributed by atoms with van der Waals surface area (Å²) in [6.07, 6.45) is -7.61. The summed E-state index contributed by atoms with van der Waals surface area (Å²) in [6.45, 7) is 0. The zero-order valence-electron chi connectivity index (χ0n) is 6.82. The molecule has 0 saturated heterocycles. The number of nitrogens with zero attached hydrogens (tertiary/aromatic N) is 1. The summed E-state index contributed by atoms with van der Waals surface area (Å²) in [4.78, 5) is 3.00. The van der Waals surface area contributed by atoms with Crippen LogP contribution in [0.15, 0.2) is 10.7 Å². The second-order valence-electron chi connectivity index (χ2n) is 2.51. The van der Waals surface area contributed by atoms with Crippen LogP contribution in [-0.4, -0.2) is 10.1 Å². The van der Waals surface area contributed by atoms with Crippen LogP contribution in [0.2, 0.25) is 0 Å². The standard InChI is InChI=1S/C7H3BrF5NO/c8-2-1-14-4(6(9)10)5(15)3(2)7(11,12)13/h1,6,15H. The number of alkyl halides is 5. The number of hydrogen-bond donors (Lipinski definition) is 1. The fraction of sp³-hybridized carbons (Fsp3) is 0.286. The predicted octanol–water partition coefficient (Wildman–Crippen LogP) is 3.51. The first kappa shape index (κ1) is 12.2. The number of hydrogen-bond acceptors (Lipinski definition) is 2. The third-order valence-corrected chi connectivity index (χ3v) is 2.13. The van der Waals surface area contributed by atoms with Crippen molar-refractivity contribution in [2.45, 2.75) is 12.6 Å². The Hall–Kier alpha value is -0.920. The smallest absolute Gasteiger partial charge is 0.421 e. The molecule has 1 aromatic heterocycles. The third kappa shape index (κ3) is 2.36. The first-order chi connectivity index (χ1) is 6.75. The Morgan fingerprint density at radius 1 is 1.33 bits per heavy atom. The van der Waals surface area contributed by atoms with E-state index in [0.717, 1.165) is 0 Å². The molecule has 1 N–H and O–H groups in total. The van der Waals surface area contributed by atoms with Gasteiger partial charge in [0.05, 0.1) is 4.47 Å². The topological polar surface area (TPSA) is 33.1 Å². The highest BCUT2D eigenvalue weighted by Gasteiger charge is 2.38. The number of rotatable bonds is 1. The van der Waals surface area contributed by atoms with Gasteiger partial charge in [0.2, 0.25) is 0 Å². The maximum atomic E-state index is 12.3. The summed E-state index contributed by atoms with van der Waals surface area (Å²) < 4.78 is 60.5. The Balaban J connectivity index is 3.44. The molecule has 0 fully saturated rings. The molecule has 0 bridgehead atoms. The van der Waals surface area contributed by atoms with E-state index in [1.54, 1.807) is 0 Å². The van der Waals surface area contributed by atoms with E-state index in [-0.39, 0.29) is 0 Å². The molecule has 0 aliphatic rings. The summed E-state index contributed by atoms with van der Waals surface area (Å²) in [7, 11) is 0. The highest BCUT2D eigenvalue weighted by molar-refractivity contribution is 9.10. The maximum absolute atomic E-state index is 12.3. The van der Waals surface area contributed by atoms with Gasteiger partial charge in [-0.25, -0.2) is 8.78 Å². The Morgan fingerprint density at radius 3 is 2.27 bits per heavy atom. The van der Waals surface area contributed by atoms with Crippen molar-refractivity contribution in [2.75, 3.05) is 0 Å². The van der Waals surface area contributed by atoms with Crippen LogP contribution in [0, 0.1) is 0 Å². The highest BCUT2D eigenvalue weighted by atomic mass is 79.9.